The molecule has 4 N–H and O–H groups in total. The van der Waals surface area contributed by atoms with Crippen molar-refractivity contribution in [3.8, 4) is 11.5 Å². The maximum absolute atomic E-state index is 8.86. The summed E-state index contributed by atoms with van der Waals surface area (Å²) in [5, 5.41) is 12.0. The minimum Gasteiger partial charge on any atom is -0.493 e. The lowest BCUT2D eigenvalue weighted by atomic mass is 10.1. The third kappa shape index (κ3) is 4.46. The Morgan fingerprint density at radius 2 is 2.00 bits per heavy atom. The van der Waals surface area contributed by atoms with Crippen LogP contribution in [0.15, 0.2) is 41.4 Å². The maximum Gasteiger partial charge on any atom is 0.193 e. The van der Waals surface area contributed by atoms with Gasteiger partial charge >= 0.3 is 0 Å². The molecule has 0 radical (unpaired) electrons. The molecule has 0 atom stereocenters. The molecule has 0 bridgehead atoms. The summed E-state index contributed by atoms with van der Waals surface area (Å²) in [6.45, 7) is 0.617. The number of fused-ring (bicyclic) bond motifs is 1. The number of methoxy groups -OCH3 is 1. The number of aryl methyl sites for hydroxylation is 2. The SMILES string of the molecule is COc1cc(CN=C(N)Nc2ccc3c(c2)CCC3)ccc1OCCO. The van der Waals surface area contributed by atoms with Crippen LogP contribution in [-0.2, 0) is 19.4 Å². The van der Waals surface area contributed by atoms with Crippen molar-refractivity contribution in [1.29, 1.82) is 0 Å². The molecule has 0 aromatic heterocycles. The molecule has 1 aliphatic rings. The summed E-state index contributed by atoms with van der Waals surface area (Å²) in [6, 6.07) is 11.9. The van der Waals surface area contributed by atoms with Gasteiger partial charge in [0.2, 0.25) is 0 Å². The normalized spacial score (nSPS) is 13.4. The largest absolute Gasteiger partial charge is 0.493 e. The molecule has 0 saturated carbocycles. The molecule has 0 aliphatic heterocycles. The Hall–Kier alpha value is -2.73. The first-order chi connectivity index (χ1) is 12.7. The van der Waals surface area contributed by atoms with E-state index in [-0.39, 0.29) is 13.2 Å². The lowest BCUT2D eigenvalue weighted by Gasteiger charge is -2.11. The molecule has 0 heterocycles. The van der Waals surface area contributed by atoms with E-state index in [0.29, 0.717) is 24.0 Å². The molecule has 2 aromatic rings. The smallest absolute Gasteiger partial charge is 0.193 e. The van der Waals surface area contributed by atoms with Crippen LogP contribution in [0.25, 0.3) is 0 Å². The first-order valence-corrected chi connectivity index (χ1v) is 8.79. The first-order valence-electron chi connectivity index (χ1n) is 8.79. The van der Waals surface area contributed by atoms with Crippen LogP contribution in [0.3, 0.4) is 0 Å². The quantitative estimate of drug-likeness (QED) is 0.524. The van der Waals surface area contributed by atoms with Crippen LogP contribution in [0.1, 0.15) is 23.1 Å². The molecule has 0 unspecified atom stereocenters. The average molecular weight is 355 g/mol. The zero-order valence-corrected chi connectivity index (χ0v) is 15.0. The Kier molecular flexibility index (Phi) is 5.96. The number of hydrogen-bond acceptors (Lipinski definition) is 4. The van der Waals surface area contributed by atoms with Gasteiger partial charge in [0.1, 0.15) is 6.61 Å². The third-order valence-corrected chi connectivity index (χ3v) is 4.38. The van der Waals surface area contributed by atoms with Crippen molar-refractivity contribution in [1.82, 2.24) is 0 Å². The van der Waals surface area contributed by atoms with Crippen molar-refractivity contribution in [2.75, 3.05) is 25.6 Å². The van der Waals surface area contributed by atoms with Crippen LogP contribution in [0, 0.1) is 0 Å². The average Bonchev–Trinajstić information content (AvgIpc) is 3.12. The van der Waals surface area contributed by atoms with E-state index < -0.39 is 0 Å². The third-order valence-electron chi connectivity index (χ3n) is 4.38. The number of ether oxygens (including phenoxy) is 2. The molecule has 0 saturated heterocycles. The molecule has 0 spiro atoms. The van der Waals surface area contributed by atoms with E-state index in [1.807, 2.05) is 24.3 Å². The standard InChI is InChI=1S/C20H25N3O3/c1-25-19-11-14(5-8-18(19)26-10-9-24)13-22-20(21)23-17-7-6-15-3-2-4-16(15)12-17/h5-8,11-12,24H,2-4,9-10,13H2,1H3,(H3,21,22,23). The van der Waals surface area contributed by atoms with Gasteiger partial charge in [-0.1, -0.05) is 12.1 Å². The van der Waals surface area contributed by atoms with Gasteiger partial charge in [0, 0.05) is 5.69 Å². The van der Waals surface area contributed by atoms with Gasteiger partial charge in [0.15, 0.2) is 17.5 Å². The lowest BCUT2D eigenvalue weighted by Crippen LogP contribution is -2.22. The van der Waals surface area contributed by atoms with Gasteiger partial charge < -0.3 is 25.6 Å². The summed E-state index contributed by atoms with van der Waals surface area (Å²) < 4.78 is 10.8. The highest BCUT2D eigenvalue weighted by atomic mass is 16.5. The number of aliphatic hydroxyl groups is 1. The number of benzene rings is 2. The van der Waals surface area contributed by atoms with Gasteiger partial charge in [-0.05, 0) is 60.2 Å². The Bertz CT molecular complexity index is 790. The first kappa shape index (κ1) is 18.1. The molecule has 3 rings (SSSR count). The van der Waals surface area contributed by atoms with Crippen LogP contribution >= 0.6 is 0 Å². The van der Waals surface area contributed by atoms with E-state index >= 15 is 0 Å². The zero-order valence-electron chi connectivity index (χ0n) is 15.0. The number of nitrogens with zero attached hydrogens (tertiary/aromatic N) is 1. The van der Waals surface area contributed by atoms with Gasteiger partial charge in [0.05, 0.1) is 20.3 Å². The molecule has 2 aromatic carbocycles. The molecule has 0 fully saturated rings. The summed E-state index contributed by atoms with van der Waals surface area (Å²) in [5.41, 5.74) is 10.8. The topological polar surface area (TPSA) is 89.1 Å². The van der Waals surface area contributed by atoms with E-state index in [2.05, 4.69) is 22.4 Å². The molecule has 1 aliphatic carbocycles. The minimum absolute atomic E-state index is 0.0416. The van der Waals surface area contributed by atoms with E-state index in [9.17, 15) is 0 Å². The highest BCUT2D eigenvalue weighted by Gasteiger charge is 2.11. The van der Waals surface area contributed by atoms with Gasteiger partial charge in [-0.25, -0.2) is 4.99 Å². The summed E-state index contributed by atoms with van der Waals surface area (Å²) in [5.74, 6) is 1.58. The number of nitrogens with two attached hydrogens (primary N) is 1. The Morgan fingerprint density at radius 1 is 1.15 bits per heavy atom. The van der Waals surface area contributed by atoms with Crippen LogP contribution < -0.4 is 20.5 Å². The predicted molar refractivity (Wildman–Crippen MR) is 103 cm³/mol. The van der Waals surface area contributed by atoms with Crippen molar-refractivity contribution >= 4 is 11.6 Å². The van der Waals surface area contributed by atoms with Crippen molar-refractivity contribution in [3.63, 3.8) is 0 Å². The van der Waals surface area contributed by atoms with E-state index in [1.54, 1.807) is 7.11 Å². The fourth-order valence-corrected chi connectivity index (χ4v) is 3.10. The number of hydrogen-bond donors (Lipinski definition) is 3. The van der Waals surface area contributed by atoms with E-state index in [4.69, 9.17) is 20.3 Å². The molecular weight excluding hydrogens is 330 g/mol. The Balaban J connectivity index is 1.63. The summed E-state index contributed by atoms with van der Waals surface area (Å²) >= 11 is 0. The minimum atomic E-state index is -0.0416. The van der Waals surface area contributed by atoms with Crippen LogP contribution in [0.2, 0.25) is 0 Å². The fourth-order valence-electron chi connectivity index (χ4n) is 3.10. The number of rotatable bonds is 7. The van der Waals surface area contributed by atoms with Crippen molar-refractivity contribution in [2.24, 2.45) is 10.7 Å². The summed E-state index contributed by atoms with van der Waals surface area (Å²) in [6.07, 6.45) is 3.52. The highest BCUT2D eigenvalue weighted by molar-refractivity contribution is 5.92. The fraction of sp³-hybridized carbons (Fsp3) is 0.350. The number of aliphatic imine (C=N–C) groups is 1. The Morgan fingerprint density at radius 3 is 2.81 bits per heavy atom. The van der Waals surface area contributed by atoms with E-state index in [0.717, 1.165) is 17.7 Å². The predicted octanol–water partition coefficient (Wildman–Crippen LogP) is 2.48. The Labute approximate surface area is 153 Å². The molecule has 0 amide bonds. The monoisotopic (exact) mass is 355 g/mol. The molecule has 6 heteroatoms. The molecule has 6 nitrogen and oxygen atoms in total. The van der Waals surface area contributed by atoms with E-state index in [1.165, 1.54) is 24.0 Å². The van der Waals surface area contributed by atoms with Crippen molar-refractivity contribution < 1.29 is 14.6 Å². The summed E-state index contributed by atoms with van der Waals surface area (Å²) in [4.78, 5) is 4.40. The maximum atomic E-state index is 8.86. The summed E-state index contributed by atoms with van der Waals surface area (Å²) in [7, 11) is 1.58. The molecular formula is C20H25N3O3. The van der Waals surface area contributed by atoms with Gasteiger partial charge in [0.25, 0.3) is 0 Å². The number of nitrogens with one attached hydrogen (secondary N) is 1. The lowest BCUT2D eigenvalue weighted by molar-refractivity contribution is 0.196. The van der Waals surface area contributed by atoms with Gasteiger partial charge in [-0.3, -0.25) is 0 Å². The number of anilines is 1. The molecule has 138 valence electrons. The van der Waals surface area contributed by atoms with Crippen LogP contribution in [0.5, 0.6) is 11.5 Å². The second-order valence-electron chi connectivity index (χ2n) is 6.22. The van der Waals surface area contributed by atoms with Gasteiger partial charge in [-0.2, -0.15) is 0 Å². The van der Waals surface area contributed by atoms with Crippen LogP contribution in [0.4, 0.5) is 5.69 Å². The highest BCUT2D eigenvalue weighted by Crippen LogP contribution is 2.28. The second kappa shape index (κ2) is 8.58. The van der Waals surface area contributed by atoms with Crippen molar-refractivity contribution in [3.05, 3.63) is 53.1 Å². The number of aliphatic hydroxyl groups excluding tert-OH is 1. The number of guanidine groups is 1. The van der Waals surface area contributed by atoms with Crippen LogP contribution in [-0.4, -0.2) is 31.4 Å². The van der Waals surface area contributed by atoms with Crippen molar-refractivity contribution in [2.45, 2.75) is 25.8 Å². The zero-order chi connectivity index (χ0) is 18.4. The second-order valence-corrected chi connectivity index (χ2v) is 6.22. The molecule has 26 heavy (non-hydrogen) atoms. The van der Waals surface area contributed by atoms with Gasteiger partial charge in [-0.15, -0.1) is 0 Å².